The van der Waals surface area contributed by atoms with Gasteiger partial charge in [0.25, 0.3) is 6.28 Å². The van der Waals surface area contributed by atoms with E-state index >= 15 is 0 Å². The van der Waals surface area contributed by atoms with Gasteiger partial charge in [0.15, 0.2) is 0 Å². The number of hydrogen-bond donors (Lipinski definition) is 0. The molecule has 26 heavy (non-hydrogen) atoms. The molecular formula is C22H30BN3. The first-order valence-corrected chi connectivity index (χ1v) is 9.61. The first-order chi connectivity index (χ1) is 12.4. The van der Waals surface area contributed by atoms with Gasteiger partial charge in [-0.25, -0.2) is 0 Å². The van der Waals surface area contributed by atoms with Crippen LogP contribution in [-0.4, -0.2) is 41.3 Å². The molecule has 1 aliphatic rings. The van der Waals surface area contributed by atoms with Crippen LogP contribution in [0.4, 0.5) is 5.69 Å². The van der Waals surface area contributed by atoms with Crippen LogP contribution < -0.4 is 0 Å². The molecule has 1 heterocycles. The molecule has 0 atom stereocenters. The van der Waals surface area contributed by atoms with Crippen LogP contribution in [0.25, 0.3) is 0 Å². The van der Waals surface area contributed by atoms with Crippen LogP contribution in [0.2, 0.25) is 11.6 Å². The lowest BCUT2D eigenvalue weighted by atomic mass is 9.22. The predicted octanol–water partition coefficient (Wildman–Crippen LogP) is 5.06. The van der Waals surface area contributed by atoms with Crippen LogP contribution >= 0.6 is 0 Å². The fourth-order valence-corrected chi connectivity index (χ4v) is 5.09. The van der Waals surface area contributed by atoms with Crippen molar-refractivity contribution in [1.82, 2.24) is 4.90 Å². The second kappa shape index (κ2) is 7.10. The number of hydrogen-bond acceptors (Lipinski definition) is 1. The molecule has 2 aromatic carbocycles. The van der Waals surface area contributed by atoms with Gasteiger partial charge >= 0.3 is 0 Å². The highest BCUT2D eigenvalue weighted by Crippen LogP contribution is 2.40. The Bertz CT molecular complexity index is 815. The highest BCUT2D eigenvalue weighted by Gasteiger charge is 2.54. The van der Waals surface area contributed by atoms with E-state index in [2.05, 4.69) is 106 Å². The Morgan fingerprint density at radius 1 is 0.846 bits per heavy atom. The van der Waals surface area contributed by atoms with Crippen molar-refractivity contribution < 1.29 is 4.49 Å². The summed E-state index contributed by atoms with van der Waals surface area (Å²) in [5.41, 5.74) is 3.44. The molecule has 0 saturated heterocycles. The van der Waals surface area contributed by atoms with Crippen molar-refractivity contribution in [1.29, 1.82) is 0 Å². The van der Waals surface area contributed by atoms with Crippen molar-refractivity contribution in [3.63, 3.8) is 0 Å². The summed E-state index contributed by atoms with van der Waals surface area (Å²) < 4.78 is 2.51. The molecule has 136 valence electrons. The third kappa shape index (κ3) is 2.78. The standard InChI is InChI=1S/C22H30BN3/c1-17(2)23(18(3)4)22(24-20-15-11-8-12-16-20)25(5)21(26(23)6)19-13-9-7-10-14-19/h7-18H,1-6H3. The van der Waals surface area contributed by atoms with E-state index in [4.69, 9.17) is 4.99 Å². The Labute approximate surface area is 158 Å². The third-order valence-electron chi connectivity index (χ3n) is 6.11. The van der Waals surface area contributed by atoms with E-state index in [1.165, 1.54) is 17.1 Å². The number of para-hydroxylation sites is 1. The molecule has 4 heteroatoms. The molecule has 0 aromatic heterocycles. The Morgan fingerprint density at radius 3 is 1.85 bits per heavy atom. The van der Waals surface area contributed by atoms with Crippen LogP contribution in [0, 0.1) is 0 Å². The monoisotopic (exact) mass is 347 g/mol. The lowest BCUT2D eigenvalue weighted by molar-refractivity contribution is -0.362. The highest BCUT2D eigenvalue weighted by molar-refractivity contribution is 7.04. The fourth-order valence-electron chi connectivity index (χ4n) is 5.09. The van der Waals surface area contributed by atoms with Crippen molar-refractivity contribution >= 4 is 23.5 Å². The average molecular weight is 347 g/mol. The van der Waals surface area contributed by atoms with Gasteiger partial charge in [-0.2, -0.15) is 0 Å². The van der Waals surface area contributed by atoms with E-state index < -0.39 is 6.28 Å². The maximum Gasteiger partial charge on any atom is 0.278 e. The van der Waals surface area contributed by atoms with E-state index in [0.717, 1.165) is 5.69 Å². The second-order valence-corrected chi connectivity index (χ2v) is 8.11. The molecule has 1 aliphatic heterocycles. The first-order valence-electron chi connectivity index (χ1n) is 9.61. The van der Waals surface area contributed by atoms with Crippen LogP contribution in [0.1, 0.15) is 33.3 Å². The zero-order chi connectivity index (χ0) is 18.9. The lowest BCUT2D eigenvalue weighted by Gasteiger charge is -2.41. The maximum absolute atomic E-state index is 5.17. The van der Waals surface area contributed by atoms with E-state index in [9.17, 15) is 0 Å². The normalized spacial score (nSPS) is 18.5. The summed E-state index contributed by atoms with van der Waals surface area (Å²) in [6, 6.07) is 21.0. The molecule has 3 rings (SSSR count). The summed E-state index contributed by atoms with van der Waals surface area (Å²) in [5.74, 6) is 2.19. The quantitative estimate of drug-likeness (QED) is 0.708. The molecule has 0 spiro atoms. The summed E-state index contributed by atoms with van der Waals surface area (Å²) in [6.07, 6.45) is -1.00. The summed E-state index contributed by atoms with van der Waals surface area (Å²) in [4.78, 5) is 7.48. The molecule has 0 radical (unpaired) electrons. The predicted molar refractivity (Wildman–Crippen MR) is 114 cm³/mol. The van der Waals surface area contributed by atoms with Gasteiger partial charge in [-0.05, 0) is 24.3 Å². The molecule has 0 amide bonds. The zero-order valence-corrected chi connectivity index (χ0v) is 16.8. The topological polar surface area (TPSA) is 18.6 Å². The van der Waals surface area contributed by atoms with Gasteiger partial charge in [0.1, 0.15) is 0 Å². The third-order valence-corrected chi connectivity index (χ3v) is 6.11. The molecular weight excluding hydrogens is 317 g/mol. The van der Waals surface area contributed by atoms with Gasteiger partial charge in [0.2, 0.25) is 5.84 Å². The first kappa shape index (κ1) is 18.4. The molecule has 0 bridgehead atoms. The lowest BCUT2D eigenvalue weighted by Crippen LogP contribution is -2.57. The number of amidine groups is 2. The molecule has 3 nitrogen and oxygen atoms in total. The van der Waals surface area contributed by atoms with Gasteiger partial charge in [0.05, 0.1) is 24.0 Å². The number of nitrogens with zero attached hydrogens (tertiary/aromatic N) is 3. The van der Waals surface area contributed by atoms with Crippen molar-refractivity contribution in [3.8, 4) is 0 Å². The van der Waals surface area contributed by atoms with Crippen molar-refractivity contribution in [2.75, 3.05) is 14.1 Å². The van der Waals surface area contributed by atoms with Crippen molar-refractivity contribution in [3.05, 3.63) is 66.2 Å². The maximum atomic E-state index is 5.17. The Morgan fingerprint density at radius 2 is 1.35 bits per heavy atom. The van der Waals surface area contributed by atoms with Gasteiger partial charge < -0.3 is 4.49 Å². The Kier molecular flexibility index (Phi) is 5.04. The minimum Gasteiger partial charge on any atom is -0.450 e. The number of rotatable bonds is 4. The SMILES string of the molecule is CC(C)[B-]1(C(C)C)C(=Nc2ccccc2)N(C)C(c2ccccc2)=[N+]1C. The molecule has 0 aliphatic carbocycles. The minimum atomic E-state index is -1.00. The van der Waals surface area contributed by atoms with Gasteiger partial charge in [-0.15, -0.1) is 11.6 Å². The summed E-state index contributed by atoms with van der Waals surface area (Å²) in [5, 5.41) is 0. The van der Waals surface area contributed by atoms with Crippen LogP contribution in [0.5, 0.6) is 0 Å². The minimum absolute atomic E-state index is 0.478. The largest absolute Gasteiger partial charge is 0.450 e. The molecule has 2 aromatic rings. The number of aliphatic imine (C=N–C) groups is 1. The Hall–Kier alpha value is -2.36. The van der Waals surface area contributed by atoms with Crippen molar-refractivity contribution in [2.24, 2.45) is 4.99 Å². The smallest absolute Gasteiger partial charge is 0.278 e. The Balaban J connectivity index is 2.27. The van der Waals surface area contributed by atoms with E-state index in [1.54, 1.807) is 0 Å². The van der Waals surface area contributed by atoms with E-state index in [-0.39, 0.29) is 0 Å². The summed E-state index contributed by atoms with van der Waals surface area (Å²) >= 11 is 0. The highest BCUT2D eigenvalue weighted by atomic mass is 15.3. The van der Waals surface area contributed by atoms with Crippen molar-refractivity contribution in [2.45, 2.75) is 39.3 Å². The van der Waals surface area contributed by atoms with Crippen LogP contribution in [0.15, 0.2) is 65.7 Å². The van der Waals surface area contributed by atoms with Crippen LogP contribution in [-0.2, 0) is 0 Å². The average Bonchev–Trinajstić information content (AvgIpc) is 2.84. The molecule has 0 unspecified atom stereocenters. The zero-order valence-electron chi connectivity index (χ0n) is 16.8. The van der Waals surface area contributed by atoms with Gasteiger partial charge in [0, 0.05) is 7.05 Å². The van der Waals surface area contributed by atoms with Crippen LogP contribution in [0.3, 0.4) is 0 Å². The molecule has 0 fully saturated rings. The van der Waals surface area contributed by atoms with Gasteiger partial charge in [-0.3, -0.25) is 9.89 Å². The van der Waals surface area contributed by atoms with Gasteiger partial charge in [-0.1, -0.05) is 64.1 Å². The summed E-state index contributed by atoms with van der Waals surface area (Å²) in [7, 11) is 4.40. The summed E-state index contributed by atoms with van der Waals surface area (Å²) in [6.45, 7) is 9.33. The van der Waals surface area contributed by atoms with E-state index in [0.29, 0.717) is 11.6 Å². The second-order valence-electron chi connectivity index (χ2n) is 8.11. The molecule has 0 N–H and O–H groups in total. The number of benzene rings is 2. The van der Waals surface area contributed by atoms with E-state index in [1.807, 2.05) is 6.07 Å². The molecule has 0 saturated carbocycles. The fraction of sp³-hybridized carbons (Fsp3) is 0.364.